The molecule has 0 fully saturated rings. The van der Waals surface area contributed by atoms with Crippen LogP contribution < -0.4 is 5.32 Å². The van der Waals surface area contributed by atoms with Crippen molar-refractivity contribution in [3.8, 4) is 0 Å². The Morgan fingerprint density at radius 3 is 2.24 bits per heavy atom. The molecule has 1 N–H and O–H groups in total. The Balaban J connectivity index is 1.49. The average Bonchev–Trinajstić information content (AvgIpc) is 3.20. The fraction of sp³-hybridized carbons (Fsp3) is 0.240. The lowest BCUT2D eigenvalue weighted by atomic mass is 10.1. The number of rotatable bonds is 6. The fourth-order valence-corrected chi connectivity index (χ4v) is 4.32. The molecule has 176 valence electrons. The number of hydrogen-bond acceptors (Lipinski definition) is 3. The van der Waals surface area contributed by atoms with E-state index in [2.05, 4.69) is 31.4 Å². The number of benzene rings is 2. The number of amides is 1. The summed E-state index contributed by atoms with van der Waals surface area (Å²) < 4.78 is 18.8. The van der Waals surface area contributed by atoms with Crippen LogP contribution in [0.1, 0.15) is 44.3 Å². The second-order valence-corrected chi connectivity index (χ2v) is 9.40. The maximum absolute atomic E-state index is 14.2. The van der Waals surface area contributed by atoms with Gasteiger partial charge in [0.05, 0.1) is 46.0 Å². The molecule has 6 nitrogen and oxygen atoms in total. The number of hydrogen-bond donors (Lipinski definition) is 1. The number of aryl methyl sites for hydroxylation is 2. The molecule has 0 bridgehead atoms. The first-order chi connectivity index (χ1) is 16.2. The number of halogens is 3. The van der Waals surface area contributed by atoms with Crippen molar-refractivity contribution < 1.29 is 9.18 Å². The Hall–Kier alpha value is -2.97. The Labute approximate surface area is 210 Å². The molecular formula is C25H24BrClFN5O. The lowest BCUT2D eigenvalue weighted by Gasteiger charge is -2.10. The van der Waals surface area contributed by atoms with Crippen LogP contribution in [0.15, 0.2) is 46.9 Å². The molecule has 4 rings (SSSR count). The van der Waals surface area contributed by atoms with Crippen LogP contribution in [-0.2, 0) is 13.1 Å². The molecule has 0 aliphatic heterocycles. The van der Waals surface area contributed by atoms with Gasteiger partial charge in [-0.3, -0.25) is 14.2 Å². The molecule has 0 aliphatic rings. The summed E-state index contributed by atoms with van der Waals surface area (Å²) in [6.45, 7) is 8.39. The Bertz CT molecular complexity index is 1360. The molecule has 0 unspecified atom stereocenters. The molecule has 2 aromatic heterocycles. The highest BCUT2D eigenvalue weighted by molar-refractivity contribution is 9.10. The van der Waals surface area contributed by atoms with Gasteiger partial charge in [-0.05, 0) is 73.5 Å². The maximum Gasteiger partial charge on any atom is 0.255 e. The second kappa shape index (κ2) is 9.72. The third-order valence-corrected chi connectivity index (χ3v) is 7.33. The quantitative estimate of drug-likeness (QED) is 0.314. The molecule has 0 aliphatic carbocycles. The van der Waals surface area contributed by atoms with Crippen LogP contribution in [0.5, 0.6) is 0 Å². The molecule has 2 heterocycles. The van der Waals surface area contributed by atoms with Crippen LogP contribution in [-0.4, -0.2) is 25.5 Å². The van der Waals surface area contributed by atoms with Crippen molar-refractivity contribution in [1.29, 1.82) is 0 Å². The highest BCUT2D eigenvalue weighted by Gasteiger charge is 2.18. The minimum atomic E-state index is -0.390. The maximum atomic E-state index is 14.2. The van der Waals surface area contributed by atoms with Crippen LogP contribution in [0.3, 0.4) is 0 Å². The molecule has 0 saturated carbocycles. The fourth-order valence-electron chi connectivity index (χ4n) is 3.81. The van der Waals surface area contributed by atoms with Crippen molar-refractivity contribution in [2.75, 3.05) is 5.32 Å². The van der Waals surface area contributed by atoms with Gasteiger partial charge in [-0.2, -0.15) is 10.2 Å². The van der Waals surface area contributed by atoms with E-state index >= 15 is 0 Å². The normalized spacial score (nSPS) is 11.1. The van der Waals surface area contributed by atoms with Gasteiger partial charge in [0.1, 0.15) is 5.82 Å². The van der Waals surface area contributed by atoms with Gasteiger partial charge < -0.3 is 5.32 Å². The molecular weight excluding hydrogens is 521 g/mol. The largest absolute Gasteiger partial charge is 0.319 e. The van der Waals surface area contributed by atoms with Gasteiger partial charge in [0.15, 0.2) is 0 Å². The van der Waals surface area contributed by atoms with E-state index in [0.29, 0.717) is 34.1 Å². The third kappa shape index (κ3) is 4.79. The van der Waals surface area contributed by atoms with Crippen LogP contribution >= 0.6 is 27.5 Å². The number of aromatic nitrogens is 4. The van der Waals surface area contributed by atoms with Gasteiger partial charge in [-0.25, -0.2) is 4.39 Å². The van der Waals surface area contributed by atoms with Crippen LogP contribution in [0.25, 0.3) is 0 Å². The number of carbonyl (C=O) groups is 1. The monoisotopic (exact) mass is 543 g/mol. The molecule has 0 spiro atoms. The van der Waals surface area contributed by atoms with Crippen molar-refractivity contribution in [3.05, 3.63) is 97.2 Å². The molecule has 34 heavy (non-hydrogen) atoms. The van der Waals surface area contributed by atoms with Crippen molar-refractivity contribution in [1.82, 2.24) is 19.6 Å². The predicted molar refractivity (Wildman–Crippen MR) is 135 cm³/mol. The van der Waals surface area contributed by atoms with E-state index in [4.69, 9.17) is 11.6 Å². The van der Waals surface area contributed by atoms with E-state index in [1.807, 2.05) is 37.6 Å². The predicted octanol–water partition coefficient (Wildman–Crippen LogP) is 6.22. The van der Waals surface area contributed by atoms with E-state index in [-0.39, 0.29) is 12.5 Å². The standard InChI is InChI=1S/C25H24BrClFN5O/c1-14-23(26)16(3)32(30-14)12-18-8-10-19(11-9-18)25(34)29-24-15(2)31-33(17(24)4)13-20-21(27)6-5-7-22(20)28/h5-11H,12-13H2,1-4H3,(H,29,34). The highest BCUT2D eigenvalue weighted by Crippen LogP contribution is 2.25. The highest BCUT2D eigenvalue weighted by atomic mass is 79.9. The van der Waals surface area contributed by atoms with E-state index < -0.39 is 5.82 Å². The van der Waals surface area contributed by atoms with E-state index in [1.165, 1.54) is 6.07 Å². The first kappa shape index (κ1) is 24.2. The number of nitrogens with zero attached hydrogens (tertiary/aromatic N) is 4. The van der Waals surface area contributed by atoms with Crippen molar-refractivity contribution in [2.45, 2.75) is 40.8 Å². The van der Waals surface area contributed by atoms with E-state index in [1.54, 1.807) is 35.9 Å². The van der Waals surface area contributed by atoms with Crippen molar-refractivity contribution >= 4 is 39.1 Å². The van der Waals surface area contributed by atoms with Crippen LogP contribution in [0.2, 0.25) is 5.02 Å². The zero-order valence-electron chi connectivity index (χ0n) is 19.3. The molecule has 0 saturated heterocycles. The Morgan fingerprint density at radius 1 is 0.971 bits per heavy atom. The zero-order valence-corrected chi connectivity index (χ0v) is 21.6. The van der Waals surface area contributed by atoms with Gasteiger partial charge in [0, 0.05) is 16.1 Å². The lowest BCUT2D eigenvalue weighted by Crippen LogP contribution is -2.14. The van der Waals surface area contributed by atoms with Gasteiger partial charge >= 0.3 is 0 Å². The summed E-state index contributed by atoms with van der Waals surface area (Å²) in [5.74, 6) is -0.631. The van der Waals surface area contributed by atoms with E-state index in [9.17, 15) is 9.18 Å². The molecule has 2 aromatic carbocycles. The summed E-state index contributed by atoms with van der Waals surface area (Å²) in [5.41, 5.74) is 5.89. The van der Waals surface area contributed by atoms with E-state index in [0.717, 1.165) is 27.1 Å². The Kier molecular flexibility index (Phi) is 6.91. The molecule has 0 radical (unpaired) electrons. The average molecular weight is 545 g/mol. The topological polar surface area (TPSA) is 64.7 Å². The van der Waals surface area contributed by atoms with Gasteiger partial charge in [-0.1, -0.05) is 29.8 Å². The van der Waals surface area contributed by atoms with Crippen LogP contribution in [0, 0.1) is 33.5 Å². The lowest BCUT2D eigenvalue weighted by molar-refractivity contribution is 0.102. The number of carbonyl (C=O) groups excluding carboxylic acids is 1. The number of nitrogens with one attached hydrogen (secondary N) is 1. The van der Waals surface area contributed by atoms with Gasteiger partial charge in [-0.15, -0.1) is 0 Å². The van der Waals surface area contributed by atoms with Gasteiger partial charge in [0.25, 0.3) is 5.91 Å². The molecule has 0 atom stereocenters. The first-order valence-electron chi connectivity index (χ1n) is 10.7. The first-order valence-corrected chi connectivity index (χ1v) is 11.9. The molecule has 1 amide bonds. The second-order valence-electron chi connectivity index (χ2n) is 8.20. The minimum absolute atomic E-state index is 0.172. The van der Waals surface area contributed by atoms with Crippen molar-refractivity contribution in [2.24, 2.45) is 0 Å². The molecule has 9 heteroatoms. The third-order valence-electron chi connectivity index (χ3n) is 5.83. The molecule has 4 aromatic rings. The summed E-state index contributed by atoms with van der Waals surface area (Å²) in [6, 6.07) is 12.0. The van der Waals surface area contributed by atoms with Crippen molar-refractivity contribution in [3.63, 3.8) is 0 Å². The smallest absolute Gasteiger partial charge is 0.255 e. The summed E-state index contributed by atoms with van der Waals surface area (Å²) in [5, 5.41) is 12.3. The summed E-state index contributed by atoms with van der Waals surface area (Å²) in [7, 11) is 0. The number of anilines is 1. The SMILES string of the molecule is Cc1nn(Cc2ccc(C(=O)Nc3c(C)nn(Cc4c(F)cccc4Cl)c3C)cc2)c(C)c1Br. The summed E-state index contributed by atoms with van der Waals surface area (Å²) >= 11 is 9.71. The zero-order chi connectivity index (χ0) is 24.6. The summed E-state index contributed by atoms with van der Waals surface area (Å²) in [6.07, 6.45) is 0. The summed E-state index contributed by atoms with van der Waals surface area (Å²) in [4.78, 5) is 12.9. The minimum Gasteiger partial charge on any atom is -0.319 e. The van der Waals surface area contributed by atoms with Crippen LogP contribution in [0.4, 0.5) is 10.1 Å². The Morgan fingerprint density at radius 2 is 1.62 bits per heavy atom. The van der Waals surface area contributed by atoms with Gasteiger partial charge in [0.2, 0.25) is 0 Å².